The minimum atomic E-state index is 0. The second-order valence-corrected chi connectivity index (χ2v) is 6.95. The van der Waals surface area contributed by atoms with Crippen molar-refractivity contribution in [3.63, 3.8) is 0 Å². The van der Waals surface area contributed by atoms with E-state index in [-0.39, 0.29) is 36.4 Å². The van der Waals surface area contributed by atoms with E-state index < -0.39 is 0 Å². The van der Waals surface area contributed by atoms with Gasteiger partial charge in [-0.3, -0.25) is 4.79 Å². The first kappa shape index (κ1) is 21.9. The van der Waals surface area contributed by atoms with Crippen molar-refractivity contribution in [1.82, 2.24) is 15.5 Å². The van der Waals surface area contributed by atoms with Gasteiger partial charge < -0.3 is 20.4 Å². The summed E-state index contributed by atoms with van der Waals surface area (Å²) in [4.78, 5) is 21.4. The molecule has 27 heavy (non-hydrogen) atoms. The average Bonchev–Trinajstić information content (AvgIpc) is 3.11. The number of hydrogen-bond acceptors (Lipinski definition) is 3. The normalized spacial score (nSPS) is 17.2. The van der Waals surface area contributed by atoms with Gasteiger partial charge in [0.1, 0.15) is 6.54 Å². The Kier molecular flexibility index (Phi) is 9.33. The zero-order chi connectivity index (χ0) is 18.2. The van der Waals surface area contributed by atoms with Crippen molar-refractivity contribution in [2.45, 2.75) is 32.6 Å². The molecule has 0 unspecified atom stereocenters. The molecule has 150 valence electrons. The molecule has 7 heteroatoms. The molecule has 0 radical (unpaired) electrons. The quantitative estimate of drug-likeness (QED) is 0.369. The summed E-state index contributed by atoms with van der Waals surface area (Å²) in [5, 5.41) is 6.59. The number of rotatable bonds is 6. The number of anilines is 1. The SMILES string of the molecule is CCNC(=NCC(=O)N1CCc2ccccc21)NCCN1CCCCC1.I. The Bertz CT molecular complexity index is 631. The number of piperidine rings is 1. The molecular weight excluding hydrogens is 453 g/mol. The van der Waals surface area contributed by atoms with Crippen LogP contribution in [-0.2, 0) is 11.2 Å². The maximum Gasteiger partial charge on any atom is 0.248 e. The molecule has 1 aromatic rings. The summed E-state index contributed by atoms with van der Waals surface area (Å²) in [7, 11) is 0. The van der Waals surface area contributed by atoms with Gasteiger partial charge in [-0.15, -0.1) is 24.0 Å². The number of aliphatic imine (C=N–C) groups is 1. The van der Waals surface area contributed by atoms with E-state index >= 15 is 0 Å². The Morgan fingerprint density at radius 2 is 1.89 bits per heavy atom. The second-order valence-electron chi connectivity index (χ2n) is 6.95. The number of nitrogens with zero attached hydrogens (tertiary/aromatic N) is 3. The largest absolute Gasteiger partial charge is 0.357 e. The number of likely N-dealkylation sites (tertiary alicyclic amines) is 1. The molecule has 3 rings (SSSR count). The van der Waals surface area contributed by atoms with Gasteiger partial charge in [-0.2, -0.15) is 0 Å². The predicted octanol–water partition coefficient (Wildman–Crippen LogP) is 2.23. The maximum atomic E-state index is 12.6. The van der Waals surface area contributed by atoms with Gasteiger partial charge in [-0.1, -0.05) is 24.6 Å². The molecule has 2 N–H and O–H groups in total. The van der Waals surface area contributed by atoms with E-state index in [1.807, 2.05) is 30.0 Å². The van der Waals surface area contributed by atoms with E-state index in [4.69, 9.17) is 0 Å². The van der Waals surface area contributed by atoms with Crippen molar-refractivity contribution in [3.05, 3.63) is 29.8 Å². The Hall–Kier alpha value is -1.35. The zero-order valence-corrected chi connectivity index (χ0v) is 18.6. The highest BCUT2D eigenvalue weighted by atomic mass is 127. The van der Waals surface area contributed by atoms with Crippen molar-refractivity contribution >= 4 is 41.5 Å². The minimum absolute atomic E-state index is 0. The van der Waals surface area contributed by atoms with Crippen LogP contribution in [0, 0.1) is 0 Å². The fourth-order valence-corrected chi connectivity index (χ4v) is 3.69. The number of benzene rings is 1. The summed E-state index contributed by atoms with van der Waals surface area (Å²) in [5.41, 5.74) is 2.28. The molecule has 2 heterocycles. The lowest BCUT2D eigenvalue weighted by Crippen LogP contribution is -2.43. The highest BCUT2D eigenvalue weighted by Crippen LogP contribution is 2.27. The smallest absolute Gasteiger partial charge is 0.248 e. The molecule has 0 spiro atoms. The van der Waals surface area contributed by atoms with Gasteiger partial charge in [0.25, 0.3) is 0 Å². The summed E-state index contributed by atoms with van der Waals surface area (Å²) in [6.07, 6.45) is 4.90. The topological polar surface area (TPSA) is 60.0 Å². The number of hydrogen-bond donors (Lipinski definition) is 2. The second kappa shape index (κ2) is 11.5. The summed E-state index contributed by atoms with van der Waals surface area (Å²) < 4.78 is 0. The molecule has 0 aromatic heterocycles. The molecule has 2 aliphatic heterocycles. The summed E-state index contributed by atoms with van der Waals surface area (Å²) in [6, 6.07) is 8.13. The van der Waals surface area contributed by atoms with Crippen LogP contribution in [0.5, 0.6) is 0 Å². The first-order chi connectivity index (χ1) is 12.8. The number of carbonyl (C=O) groups is 1. The highest BCUT2D eigenvalue weighted by molar-refractivity contribution is 14.0. The monoisotopic (exact) mass is 485 g/mol. The molecule has 1 fully saturated rings. The first-order valence-electron chi connectivity index (χ1n) is 9.90. The van der Waals surface area contributed by atoms with E-state index in [1.54, 1.807) is 0 Å². The van der Waals surface area contributed by atoms with Gasteiger partial charge in [0.2, 0.25) is 5.91 Å². The molecule has 1 saturated heterocycles. The van der Waals surface area contributed by atoms with Crippen LogP contribution in [-0.4, -0.2) is 62.6 Å². The van der Waals surface area contributed by atoms with Crippen molar-refractivity contribution in [2.24, 2.45) is 4.99 Å². The molecule has 0 aliphatic carbocycles. The predicted molar refractivity (Wildman–Crippen MR) is 122 cm³/mol. The number of halogens is 1. The van der Waals surface area contributed by atoms with E-state index in [2.05, 4.69) is 26.6 Å². The minimum Gasteiger partial charge on any atom is -0.357 e. The van der Waals surface area contributed by atoms with Crippen LogP contribution in [0.3, 0.4) is 0 Å². The summed E-state index contributed by atoms with van der Waals surface area (Å²) in [5.74, 6) is 0.786. The highest BCUT2D eigenvalue weighted by Gasteiger charge is 2.23. The fourth-order valence-electron chi connectivity index (χ4n) is 3.69. The van der Waals surface area contributed by atoms with Gasteiger partial charge in [0.05, 0.1) is 0 Å². The van der Waals surface area contributed by atoms with Crippen molar-refractivity contribution in [1.29, 1.82) is 0 Å². The van der Waals surface area contributed by atoms with Crippen LogP contribution in [0.15, 0.2) is 29.3 Å². The van der Waals surface area contributed by atoms with Gasteiger partial charge in [-0.05, 0) is 50.9 Å². The van der Waals surface area contributed by atoms with Crippen molar-refractivity contribution in [2.75, 3.05) is 50.7 Å². The molecule has 1 amide bonds. The lowest BCUT2D eigenvalue weighted by Gasteiger charge is -2.26. The van der Waals surface area contributed by atoms with Crippen LogP contribution < -0.4 is 15.5 Å². The third-order valence-electron chi connectivity index (χ3n) is 5.07. The first-order valence-corrected chi connectivity index (χ1v) is 9.90. The number of para-hydroxylation sites is 1. The zero-order valence-electron chi connectivity index (χ0n) is 16.2. The van der Waals surface area contributed by atoms with Crippen molar-refractivity contribution < 1.29 is 4.79 Å². The lowest BCUT2D eigenvalue weighted by molar-refractivity contribution is -0.117. The van der Waals surface area contributed by atoms with Gasteiger partial charge >= 0.3 is 0 Å². The number of amides is 1. The van der Waals surface area contributed by atoms with Crippen LogP contribution in [0.25, 0.3) is 0 Å². The maximum absolute atomic E-state index is 12.6. The fraction of sp³-hybridized carbons (Fsp3) is 0.600. The van der Waals surface area contributed by atoms with Gasteiger partial charge in [0, 0.05) is 31.9 Å². The average molecular weight is 485 g/mol. The Morgan fingerprint density at radius 1 is 1.11 bits per heavy atom. The number of carbonyl (C=O) groups excluding carboxylic acids is 1. The third kappa shape index (κ3) is 6.34. The van der Waals surface area contributed by atoms with Crippen LogP contribution in [0.4, 0.5) is 5.69 Å². The number of guanidine groups is 1. The van der Waals surface area contributed by atoms with Crippen molar-refractivity contribution in [3.8, 4) is 0 Å². The van der Waals surface area contributed by atoms with Gasteiger partial charge in [0.15, 0.2) is 5.96 Å². The molecule has 1 aromatic carbocycles. The van der Waals surface area contributed by atoms with Gasteiger partial charge in [-0.25, -0.2) is 4.99 Å². The van der Waals surface area contributed by atoms with Crippen LogP contribution >= 0.6 is 24.0 Å². The molecular formula is C20H32IN5O. The summed E-state index contributed by atoms with van der Waals surface area (Å²) in [6.45, 7) is 8.03. The Balaban J connectivity index is 0.00000261. The molecule has 2 aliphatic rings. The Morgan fingerprint density at radius 3 is 2.67 bits per heavy atom. The van der Waals surface area contributed by atoms with E-state index in [0.29, 0.717) is 0 Å². The van der Waals surface area contributed by atoms with Crippen LogP contribution in [0.1, 0.15) is 31.7 Å². The Labute approximate surface area is 179 Å². The van der Waals surface area contributed by atoms with E-state index in [1.165, 1.54) is 37.9 Å². The molecule has 0 bridgehead atoms. The van der Waals surface area contributed by atoms with E-state index in [0.717, 1.165) is 44.2 Å². The van der Waals surface area contributed by atoms with E-state index in [9.17, 15) is 4.79 Å². The van der Waals surface area contributed by atoms with Crippen LogP contribution in [0.2, 0.25) is 0 Å². The summed E-state index contributed by atoms with van der Waals surface area (Å²) >= 11 is 0. The number of fused-ring (bicyclic) bond motifs is 1. The molecule has 0 saturated carbocycles. The molecule has 0 atom stereocenters. The lowest BCUT2D eigenvalue weighted by atomic mass is 10.1. The number of nitrogens with one attached hydrogen (secondary N) is 2. The standard InChI is InChI=1S/C20H31N5O.HI/c1-2-21-20(22-11-15-24-12-6-3-7-13-24)23-16-19(26)25-14-10-17-8-4-5-9-18(17)25;/h4-5,8-9H,2-3,6-7,10-16H2,1H3,(H2,21,22,23);1H. The molecule has 6 nitrogen and oxygen atoms in total. The third-order valence-corrected chi connectivity index (χ3v) is 5.07.